The summed E-state index contributed by atoms with van der Waals surface area (Å²) in [7, 11) is 0. The molecule has 30 heavy (non-hydrogen) atoms. The quantitative estimate of drug-likeness (QED) is 0.678. The maximum absolute atomic E-state index is 12.5. The molecule has 0 spiro atoms. The van der Waals surface area contributed by atoms with E-state index in [0.29, 0.717) is 64.4 Å². The van der Waals surface area contributed by atoms with Crippen LogP contribution in [0.5, 0.6) is 5.75 Å². The number of carbonyl (C=O) groups is 1. The van der Waals surface area contributed by atoms with Gasteiger partial charge in [0.05, 0.1) is 43.9 Å². The SMILES string of the molecule is O=C(O)CC[C@H]1CN(c2cncc(OCC3CCN(CC(F)(F)F)CC3)c2)CCO1. The first-order chi connectivity index (χ1) is 14.3. The highest BCUT2D eigenvalue weighted by molar-refractivity contribution is 5.66. The molecular formula is C20H28F3N3O4. The van der Waals surface area contributed by atoms with Gasteiger partial charge < -0.3 is 19.5 Å². The normalized spacial score (nSPS) is 21.6. The molecule has 0 aliphatic carbocycles. The fraction of sp³-hybridized carbons (Fsp3) is 0.700. The van der Waals surface area contributed by atoms with Gasteiger partial charge in [0.25, 0.3) is 0 Å². The molecule has 10 heteroatoms. The third kappa shape index (κ3) is 7.32. The van der Waals surface area contributed by atoms with Crippen molar-refractivity contribution in [3.63, 3.8) is 0 Å². The molecule has 1 aromatic rings. The molecule has 1 aromatic heterocycles. The molecule has 2 aliphatic heterocycles. The van der Waals surface area contributed by atoms with E-state index in [2.05, 4.69) is 9.88 Å². The molecule has 2 aliphatic rings. The summed E-state index contributed by atoms with van der Waals surface area (Å²) in [5.41, 5.74) is 0.885. The average Bonchev–Trinajstić information content (AvgIpc) is 2.71. The van der Waals surface area contributed by atoms with Crippen LogP contribution < -0.4 is 9.64 Å². The van der Waals surface area contributed by atoms with Gasteiger partial charge >= 0.3 is 12.1 Å². The van der Waals surface area contributed by atoms with Crippen molar-refractivity contribution in [3.05, 3.63) is 18.5 Å². The van der Waals surface area contributed by atoms with Crippen LogP contribution in [0, 0.1) is 5.92 Å². The van der Waals surface area contributed by atoms with Crippen molar-refractivity contribution in [2.45, 2.75) is 38.0 Å². The highest BCUT2D eigenvalue weighted by Gasteiger charge is 2.32. The first-order valence-corrected chi connectivity index (χ1v) is 10.2. The van der Waals surface area contributed by atoms with Gasteiger partial charge in [0.2, 0.25) is 0 Å². The van der Waals surface area contributed by atoms with Gasteiger partial charge in [0, 0.05) is 25.6 Å². The van der Waals surface area contributed by atoms with E-state index >= 15 is 0 Å². The van der Waals surface area contributed by atoms with Crippen molar-refractivity contribution < 1.29 is 32.5 Å². The van der Waals surface area contributed by atoms with Crippen molar-refractivity contribution in [2.24, 2.45) is 5.92 Å². The van der Waals surface area contributed by atoms with Crippen molar-refractivity contribution in [3.8, 4) is 5.75 Å². The number of likely N-dealkylation sites (tertiary alicyclic amines) is 1. The Morgan fingerprint density at radius 3 is 2.73 bits per heavy atom. The van der Waals surface area contributed by atoms with Crippen molar-refractivity contribution in [1.29, 1.82) is 0 Å². The number of aromatic nitrogens is 1. The molecule has 3 rings (SSSR count). The van der Waals surface area contributed by atoms with E-state index in [9.17, 15) is 18.0 Å². The third-order valence-corrected chi connectivity index (χ3v) is 5.48. The topological polar surface area (TPSA) is 75.1 Å². The smallest absolute Gasteiger partial charge is 0.401 e. The van der Waals surface area contributed by atoms with E-state index in [1.165, 1.54) is 4.90 Å². The van der Waals surface area contributed by atoms with E-state index in [0.717, 1.165) is 5.69 Å². The number of carboxylic acids is 1. The summed E-state index contributed by atoms with van der Waals surface area (Å²) in [5.74, 6) is 0.0118. The van der Waals surface area contributed by atoms with Crippen LogP contribution in [0.2, 0.25) is 0 Å². The van der Waals surface area contributed by atoms with Crippen molar-refractivity contribution in [1.82, 2.24) is 9.88 Å². The van der Waals surface area contributed by atoms with Gasteiger partial charge in [-0.05, 0) is 38.3 Å². The summed E-state index contributed by atoms with van der Waals surface area (Å²) in [6.45, 7) is 2.26. The third-order valence-electron chi connectivity index (χ3n) is 5.48. The van der Waals surface area contributed by atoms with Crippen LogP contribution in [0.15, 0.2) is 18.5 Å². The zero-order chi connectivity index (χ0) is 21.6. The Morgan fingerprint density at radius 2 is 2.03 bits per heavy atom. The maximum Gasteiger partial charge on any atom is 0.401 e. The van der Waals surface area contributed by atoms with E-state index < -0.39 is 18.7 Å². The molecule has 0 amide bonds. The lowest BCUT2D eigenvalue weighted by molar-refractivity contribution is -0.148. The first-order valence-electron chi connectivity index (χ1n) is 10.2. The average molecular weight is 431 g/mol. The highest BCUT2D eigenvalue weighted by Crippen LogP contribution is 2.26. The minimum atomic E-state index is -4.15. The largest absolute Gasteiger partial charge is 0.492 e. The number of rotatable bonds is 8. The number of piperidine rings is 1. The van der Waals surface area contributed by atoms with Crippen molar-refractivity contribution >= 4 is 11.7 Å². The summed E-state index contributed by atoms with van der Waals surface area (Å²) in [6.07, 6.45) is 0.968. The van der Waals surface area contributed by atoms with E-state index in [-0.39, 0.29) is 18.4 Å². The molecule has 7 nitrogen and oxygen atoms in total. The Morgan fingerprint density at radius 1 is 1.27 bits per heavy atom. The number of morpholine rings is 1. The van der Waals surface area contributed by atoms with Gasteiger partial charge in [-0.1, -0.05) is 0 Å². The van der Waals surface area contributed by atoms with Gasteiger partial charge in [0.1, 0.15) is 5.75 Å². The molecule has 0 unspecified atom stereocenters. The molecule has 1 N–H and O–H groups in total. The minimum Gasteiger partial charge on any atom is -0.492 e. The summed E-state index contributed by atoms with van der Waals surface area (Å²) in [4.78, 5) is 18.6. The lowest BCUT2D eigenvalue weighted by Gasteiger charge is -2.34. The van der Waals surface area contributed by atoms with Crippen LogP contribution in [0.1, 0.15) is 25.7 Å². The molecule has 0 radical (unpaired) electrons. The van der Waals surface area contributed by atoms with E-state index in [1.54, 1.807) is 12.4 Å². The number of anilines is 1. The van der Waals surface area contributed by atoms with E-state index in [4.69, 9.17) is 14.6 Å². The number of aliphatic carboxylic acids is 1. The Labute approximate surface area is 173 Å². The summed E-state index contributed by atoms with van der Waals surface area (Å²) in [5, 5.41) is 8.85. The minimum absolute atomic E-state index is 0.0711. The molecule has 1 atom stereocenters. The van der Waals surface area contributed by atoms with Gasteiger partial charge in [-0.3, -0.25) is 14.7 Å². The van der Waals surface area contributed by atoms with Gasteiger partial charge in [0.15, 0.2) is 0 Å². The molecule has 0 saturated carbocycles. The number of pyridine rings is 1. The van der Waals surface area contributed by atoms with Crippen LogP contribution in [-0.2, 0) is 9.53 Å². The standard InChI is InChI=1S/C20H28F3N3O4/c21-20(22,23)14-25-5-3-15(4-6-25)13-30-18-9-16(10-24-11-18)26-7-8-29-17(12-26)1-2-19(27)28/h9-11,15,17H,1-8,12-14H2,(H,27,28)/t17-/m0/s1. The van der Waals surface area contributed by atoms with Gasteiger partial charge in [-0.15, -0.1) is 0 Å². The predicted molar refractivity (Wildman–Crippen MR) is 104 cm³/mol. The van der Waals surface area contributed by atoms with Crippen LogP contribution in [0.4, 0.5) is 18.9 Å². The molecule has 168 valence electrons. The number of carboxylic acid groups (broad SMARTS) is 1. The molecule has 2 fully saturated rings. The van der Waals surface area contributed by atoms with Gasteiger partial charge in [-0.2, -0.15) is 13.2 Å². The van der Waals surface area contributed by atoms with Crippen LogP contribution >= 0.6 is 0 Å². The number of hydrogen-bond acceptors (Lipinski definition) is 6. The maximum atomic E-state index is 12.5. The van der Waals surface area contributed by atoms with E-state index in [1.807, 2.05) is 6.07 Å². The Bertz CT molecular complexity index is 696. The number of halogens is 3. The number of ether oxygens (including phenoxy) is 2. The van der Waals surface area contributed by atoms with Crippen LogP contribution in [0.3, 0.4) is 0 Å². The first kappa shape index (κ1) is 22.6. The Kier molecular flexibility index (Phi) is 7.76. The van der Waals surface area contributed by atoms with Gasteiger partial charge in [-0.25, -0.2) is 0 Å². The summed E-state index contributed by atoms with van der Waals surface area (Å²) >= 11 is 0. The van der Waals surface area contributed by atoms with Crippen LogP contribution in [0.25, 0.3) is 0 Å². The van der Waals surface area contributed by atoms with Crippen LogP contribution in [-0.4, -0.2) is 79.2 Å². The second kappa shape index (κ2) is 10.3. The molecule has 0 bridgehead atoms. The fourth-order valence-electron chi connectivity index (χ4n) is 3.85. The lowest BCUT2D eigenvalue weighted by atomic mass is 9.98. The lowest BCUT2D eigenvalue weighted by Crippen LogP contribution is -2.42. The Balaban J connectivity index is 1.46. The number of hydrogen-bond donors (Lipinski definition) is 1. The monoisotopic (exact) mass is 431 g/mol. The second-order valence-corrected chi connectivity index (χ2v) is 7.90. The number of nitrogens with zero attached hydrogens (tertiary/aromatic N) is 3. The second-order valence-electron chi connectivity index (χ2n) is 7.90. The molecule has 0 aromatic carbocycles. The predicted octanol–water partition coefficient (Wildman–Crippen LogP) is 2.80. The molecular weight excluding hydrogens is 403 g/mol. The van der Waals surface area contributed by atoms with Crippen molar-refractivity contribution in [2.75, 3.05) is 50.8 Å². The zero-order valence-electron chi connectivity index (χ0n) is 16.8. The summed E-state index contributed by atoms with van der Waals surface area (Å²) < 4.78 is 49.0. The summed E-state index contributed by atoms with van der Waals surface area (Å²) in [6, 6.07) is 1.89. The number of alkyl halides is 3. The fourth-order valence-corrected chi connectivity index (χ4v) is 3.85. The highest BCUT2D eigenvalue weighted by atomic mass is 19.4. The molecule has 2 saturated heterocycles. The Hall–Kier alpha value is -2.07. The molecule has 3 heterocycles. The zero-order valence-corrected chi connectivity index (χ0v) is 16.8.